The third-order valence-electron chi connectivity index (χ3n) is 4.60. The van der Waals surface area contributed by atoms with E-state index in [1.54, 1.807) is 49.4 Å². The Morgan fingerprint density at radius 2 is 1.77 bits per heavy atom. The van der Waals surface area contributed by atoms with Gasteiger partial charge in [0.2, 0.25) is 0 Å². The summed E-state index contributed by atoms with van der Waals surface area (Å²) in [6.45, 7) is 3.85. The molecule has 3 rings (SSSR count). The highest BCUT2D eigenvalue weighted by Crippen LogP contribution is 2.21. The van der Waals surface area contributed by atoms with E-state index in [2.05, 4.69) is 16.0 Å². The van der Waals surface area contributed by atoms with Gasteiger partial charge in [0.1, 0.15) is 18.1 Å². The SMILES string of the molecule is Cc1noc(C)c1COc1ccccc1C(=O)NNC(=O)c1cccc(N(C)C)c1. The van der Waals surface area contributed by atoms with Gasteiger partial charge in [-0.05, 0) is 44.2 Å². The molecule has 3 aromatic rings. The van der Waals surface area contributed by atoms with Crippen LogP contribution >= 0.6 is 0 Å². The maximum Gasteiger partial charge on any atom is 0.273 e. The van der Waals surface area contributed by atoms with Crippen molar-refractivity contribution in [3.05, 3.63) is 76.7 Å². The van der Waals surface area contributed by atoms with E-state index in [0.29, 0.717) is 22.6 Å². The highest BCUT2D eigenvalue weighted by Gasteiger charge is 2.16. The van der Waals surface area contributed by atoms with E-state index in [9.17, 15) is 9.59 Å². The molecular weight excluding hydrogens is 384 g/mol. The molecule has 2 N–H and O–H groups in total. The second-order valence-corrected chi connectivity index (χ2v) is 6.94. The molecule has 0 aliphatic rings. The average Bonchev–Trinajstić information content (AvgIpc) is 3.07. The molecule has 30 heavy (non-hydrogen) atoms. The summed E-state index contributed by atoms with van der Waals surface area (Å²) >= 11 is 0. The van der Waals surface area contributed by atoms with E-state index in [4.69, 9.17) is 9.26 Å². The topological polar surface area (TPSA) is 96.7 Å². The number of carbonyl (C=O) groups is 2. The van der Waals surface area contributed by atoms with Gasteiger partial charge in [0.05, 0.1) is 16.8 Å². The van der Waals surface area contributed by atoms with Crippen LogP contribution in [0.15, 0.2) is 53.1 Å². The van der Waals surface area contributed by atoms with Crippen molar-refractivity contribution < 1.29 is 18.8 Å². The molecule has 0 atom stereocenters. The van der Waals surface area contributed by atoms with Crippen molar-refractivity contribution >= 4 is 17.5 Å². The van der Waals surface area contributed by atoms with Crippen LogP contribution in [0.5, 0.6) is 5.75 Å². The van der Waals surface area contributed by atoms with Gasteiger partial charge < -0.3 is 14.2 Å². The molecule has 0 saturated heterocycles. The third-order valence-corrected chi connectivity index (χ3v) is 4.60. The highest BCUT2D eigenvalue weighted by molar-refractivity contribution is 6.00. The molecule has 0 fully saturated rings. The summed E-state index contributed by atoms with van der Waals surface area (Å²) in [5.74, 6) is 0.156. The lowest BCUT2D eigenvalue weighted by atomic mass is 10.2. The molecule has 8 nitrogen and oxygen atoms in total. The number of nitrogens with zero attached hydrogens (tertiary/aromatic N) is 2. The smallest absolute Gasteiger partial charge is 0.273 e. The monoisotopic (exact) mass is 408 g/mol. The Labute approximate surface area is 174 Å². The van der Waals surface area contributed by atoms with E-state index >= 15 is 0 Å². The zero-order valence-corrected chi connectivity index (χ0v) is 17.4. The van der Waals surface area contributed by atoms with Crippen LogP contribution in [-0.2, 0) is 6.61 Å². The predicted molar refractivity (Wildman–Crippen MR) is 112 cm³/mol. The summed E-state index contributed by atoms with van der Waals surface area (Å²) in [7, 11) is 3.77. The number of amides is 2. The van der Waals surface area contributed by atoms with Gasteiger partial charge in [0.25, 0.3) is 11.8 Å². The molecule has 1 heterocycles. The number of carbonyl (C=O) groups excluding carboxylic acids is 2. The number of hydrogen-bond donors (Lipinski definition) is 2. The third kappa shape index (κ3) is 4.78. The Bertz CT molecular complexity index is 1040. The minimum atomic E-state index is -0.485. The van der Waals surface area contributed by atoms with E-state index < -0.39 is 11.8 Å². The number of aromatic nitrogens is 1. The van der Waals surface area contributed by atoms with Crippen LogP contribution in [0.25, 0.3) is 0 Å². The summed E-state index contributed by atoms with van der Waals surface area (Å²) in [6, 6.07) is 13.9. The minimum absolute atomic E-state index is 0.217. The first-order valence-corrected chi connectivity index (χ1v) is 9.38. The van der Waals surface area contributed by atoms with Crippen LogP contribution in [0.3, 0.4) is 0 Å². The molecule has 1 aromatic heterocycles. The number of ether oxygens (including phenoxy) is 1. The van der Waals surface area contributed by atoms with Crippen LogP contribution in [0.1, 0.15) is 37.7 Å². The first-order chi connectivity index (χ1) is 14.4. The number of hydrazine groups is 1. The van der Waals surface area contributed by atoms with Crippen LogP contribution in [0.2, 0.25) is 0 Å². The van der Waals surface area contributed by atoms with Crippen molar-refractivity contribution in [1.82, 2.24) is 16.0 Å². The Morgan fingerprint density at radius 3 is 2.47 bits per heavy atom. The maximum absolute atomic E-state index is 12.6. The van der Waals surface area contributed by atoms with E-state index in [-0.39, 0.29) is 6.61 Å². The number of nitrogens with one attached hydrogen (secondary N) is 2. The molecule has 0 spiro atoms. The standard InChI is InChI=1S/C22H24N4O4/c1-14-19(15(2)30-25-14)13-29-20-11-6-5-10-18(20)22(28)24-23-21(27)16-8-7-9-17(12-16)26(3)4/h5-12H,13H2,1-4H3,(H,23,27)(H,24,28). The van der Waals surface area contributed by atoms with Crippen molar-refractivity contribution in [2.45, 2.75) is 20.5 Å². The summed E-state index contributed by atoms with van der Waals surface area (Å²) in [4.78, 5) is 26.9. The molecule has 2 aromatic carbocycles. The molecule has 0 bridgehead atoms. The molecule has 156 valence electrons. The lowest BCUT2D eigenvalue weighted by molar-refractivity contribution is 0.0844. The quantitative estimate of drug-likeness (QED) is 0.609. The Kier molecular flexibility index (Phi) is 6.36. The summed E-state index contributed by atoms with van der Waals surface area (Å²) < 4.78 is 11.0. The Balaban J connectivity index is 1.66. The van der Waals surface area contributed by atoms with Crippen molar-refractivity contribution in [1.29, 1.82) is 0 Å². The second-order valence-electron chi connectivity index (χ2n) is 6.94. The van der Waals surface area contributed by atoms with Gasteiger partial charge in [-0.2, -0.15) is 0 Å². The van der Waals surface area contributed by atoms with E-state index in [1.807, 2.05) is 32.0 Å². The average molecular weight is 408 g/mol. The fraction of sp³-hybridized carbons (Fsp3) is 0.227. The van der Waals surface area contributed by atoms with Gasteiger partial charge in [-0.3, -0.25) is 20.4 Å². The van der Waals surface area contributed by atoms with Crippen LogP contribution < -0.4 is 20.5 Å². The molecule has 0 radical (unpaired) electrons. The van der Waals surface area contributed by atoms with Crippen LogP contribution in [0, 0.1) is 13.8 Å². The molecule has 8 heteroatoms. The first-order valence-electron chi connectivity index (χ1n) is 9.38. The molecule has 0 saturated carbocycles. The molecule has 2 amide bonds. The van der Waals surface area contributed by atoms with Gasteiger partial charge in [0, 0.05) is 25.3 Å². The van der Waals surface area contributed by atoms with Crippen molar-refractivity contribution in [2.75, 3.05) is 19.0 Å². The van der Waals surface area contributed by atoms with Gasteiger partial charge >= 0.3 is 0 Å². The lowest BCUT2D eigenvalue weighted by Crippen LogP contribution is -2.41. The van der Waals surface area contributed by atoms with Gasteiger partial charge in [0.15, 0.2) is 0 Å². The van der Waals surface area contributed by atoms with E-state index in [1.165, 1.54) is 0 Å². The normalized spacial score (nSPS) is 10.4. The fourth-order valence-corrected chi connectivity index (χ4v) is 2.82. The predicted octanol–water partition coefficient (Wildman–Crippen LogP) is 3.01. The molecule has 0 aliphatic heterocycles. The fourth-order valence-electron chi connectivity index (χ4n) is 2.82. The van der Waals surface area contributed by atoms with Gasteiger partial charge in [-0.15, -0.1) is 0 Å². The highest BCUT2D eigenvalue weighted by atomic mass is 16.5. The number of para-hydroxylation sites is 1. The van der Waals surface area contributed by atoms with Crippen molar-refractivity contribution in [3.8, 4) is 5.75 Å². The molecule has 0 aliphatic carbocycles. The number of benzene rings is 2. The number of aryl methyl sites for hydroxylation is 2. The summed E-state index contributed by atoms with van der Waals surface area (Å²) in [5.41, 5.74) is 8.06. The Morgan fingerprint density at radius 1 is 1.03 bits per heavy atom. The Hall–Kier alpha value is -3.81. The van der Waals surface area contributed by atoms with Gasteiger partial charge in [-0.25, -0.2) is 0 Å². The van der Waals surface area contributed by atoms with Crippen LogP contribution in [0.4, 0.5) is 5.69 Å². The van der Waals surface area contributed by atoms with Crippen molar-refractivity contribution in [3.63, 3.8) is 0 Å². The van der Waals surface area contributed by atoms with Gasteiger partial charge in [-0.1, -0.05) is 23.4 Å². The van der Waals surface area contributed by atoms with Crippen LogP contribution in [-0.4, -0.2) is 31.1 Å². The zero-order valence-electron chi connectivity index (χ0n) is 17.4. The largest absolute Gasteiger partial charge is 0.488 e. The maximum atomic E-state index is 12.6. The number of hydrogen-bond acceptors (Lipinski definition) is 6. The molecule has 0 unspecified atom stereocenters. The minimum Gasteiger partial charge on any atom is -0.488 e. The lowest BCUT2D eigenvalue weighted by Gasteiger charge is -2.14. The molecular formula is C22H24N4O4. The summed E-state index contributed by atoms with van der Waals surface area (Å²) in [5, 5.41) is 3.90. The van der Waals surface area contributed by atoms with Crippen molar-refractivity contribution in [2.24, 2.45) is 0 Å². The summed E-state index contributed by atoms with van der Waals surface area (Å²) in [6.07, 6.45) is 0. The zero-order chi connectivity index (χ0) is 21.7. The second kappa shape index (κ2) is 9.13. The number of anilines is 1. The first kappa shape index (κ1) is 20.9. The number of rotatable bonds is 6. The van der Waals surface area contributed by atoms with E-state index in [0.717, 1.165) is 16.9 Å².